The molecular formula is C11H13FN4O2S. The van der Waals surface area contributed by atoms with Crippen LogP contribution in [0.4, 0.5) is 10.1 Å². The molecule has 0 bridgehead atoms. The third-order valence-electron chi connectivity index (χ3n) is 2.55. The molecule has 0 saturated heterocycles. The van der Waals surface area contributed by atoms with Crippen LogP contribution in [-0.4, -0.2) is 18.6 Å². The summed E-state index contributed by atoms with van der Waals surface area (Å²) < 4.78 is 40.2. The van der Waals surface area contributed by atoms with Crippen molar-refractivity contribution in [1.82, 2.24) is 14.9 Å². The van der Waals surface area contributed by atoms with Crippen molar-refractivity contribution in [2.75, 3.05) is 5.73 Å². The van der Waals surface area contributed by atoms with Crippen molar-refractivity contribution in [3.8, 4) is 0 Å². The third-order valence-corrected chi connectivity index (χ3v) is 3.95. The van der Waals surface area contributed by atoms with Crippen LogP contribution >= 0.6 is 0 Å². The Labute approximate surface area is 109 Å². The summed E-state index contributed by atoms with van der Waals surface area (Å²) in [5.74, 6) is -0.797. The highest BCUT2D eigenvalue weighted by molar-refractivity contribution is 7.89. The molecule has 0 saturated carbocycles. The van der Waals surface area contributed by atoms with E-state index in [0.717, 1.165) is 6.07 Å². The van der Waals surface area contributed by atoms with Crippen molar-refractivity contribution in [2.45, 2.75) is 18.4 Å². The van der Waals surface area contributed by atoms with Gasteiger partial charge in [0.1, 0.15) is 10.7 Å². The second-order valence-corrected chi connectivity index (χ2v) is 5.82. The zero-order valence-electron chi connectivity index (χ0n) is 10.1. The van der Waals surface area contributed by atoms with Gasteiger partial charge in [-0.15, -0.1) is 0 Å². The number of hydrogen-bond donors (Lipinski definition) is 3. The van der Waals surface area contributed by atoms with Crippen molar-refractivity contribution >= 4 is 15.7 Å². The molecule has 0 spiro atoms. The first kappa shape index (κ1) is 13.5. The molecular weight excluding hydrogens is 271 g/mol. The van der Waals surface area contributed by atoms with Gasteiger partial charge in [0.25, 0.3) is 0 Å². The number of rotatable bonds is 4. The average molecular weight is 284 g/mol. The van der Waals surface area contributed by atoms with Crippen LogP contribution < -0.4 is 10.5 Å². The number of nitrogens with two attached hydrogens (primary N) is 1. The van der Waals surface area contributed by atoms with Crippen LogP contribution in [0.2, 0.25) is 0 Å². The van der Waals surface area contributed by atoms with E-state index in [4.69, 9.17) is 5.73 Å². The summed E-state index contributed by atoms with van der Waals surface area (Å²) in [6.07, 6.45) is 3.02. The highest BCUT2D eigenvalue weighted by Gasteiger charge is 2.21. The van der Waals surface area contributed by atoms with Gasteiger partial charge < -0.3 is 5.73 Å². The fourth-order valence-corrected chi connectivity index (χ4v) is 2.79. The van der Waals surface area contributed by atoms with Crippen molar-refractivity contribution in [3.05, 3.63) is 41.5 Å². The molecule has 1 heterocycles. The highest BCUT2D eigenvalue weighted by Crippen LogP contribution is 2.21. The molecule has 19 heavy (non-hydrogen) atoms. The smallest absolute Gasteiger partial charge is 0.243 e. The molecule has 6 nitrogen and oxygen atoms in total. The van der Waals surface area contributed by atoms with Crippen molar-refractivity contribution in [3.63, 3.8) is 0 Å². The highest BCUT2D eigenvalue weighted by atomic mass is 32.2. The maximum Gasteiger partial charge on any atom is 0.243 e. The SMILES string of the molecule is Cc1cc(N)cc(S(=O)(=O)NCc2cn[nH]c2)c1F. The van der Waals surface area contributed by atoms with Gasteiger partial charge in [-0.25, -0.2) is 17.5 Å². The molecule has 0 aliphatic heterocycles. The largest absolute Gasteiger partial charge is 0.399 e. The number of anilines is 1. The van der Waals surface area contributed by atoms with Gasteiger partial charge in [-0.1, -0.05) is 0 Å². The van der Waals surface area contributed by atoms with Gasteiger partial charge in [-0.3, -0.25) is 5.10 Å². The third kappa shape index (κ3) is 2.91. The van der Waals surface area contributed by atoms with Crippen LogP contribution in [-0.2, 0) is 16.6 Å². The maximum atomic E-state index is 13.8. The van der Waals surface area contributed by atoms with Crippen molar-refractivity contribution in [1.29, 1.82) is 0 Å². The van der Waals surface area contributed by atoms with Crippen LogP contribution in [0.25, 0.3) is 0 Å². The van der Waals surface area contributed by atoms with Crippen LogP contribution in [0.3, 0.4) is 0 Å². The normalized spacial score (nSPS) is 11.7. The quantitative estimate of drug-likeness (QED) is 0.727. The van der Waals surface area contributed by atoms with E-state index in [1.807, 2.05) is 0 Å². The molecule has 2 rings (SSSR count). The summed E-state index contributed by atoms with van der Waals surface area (Å²) in [6, 6.07) is 2.48. The molecule has 0 fully saturated rings. The predicted octanol–water partition coefficient (Wildman–Crippen LogP) is 0.918. The Balaban J connectivity index is 2.29. The van der Waals surface area contributed by atoms with E-state index in [0.29, 0.717) is 5.56 Å². The van der Waals surface area contributed by atoms with Crippen molar-refractivity contribution < 1.29 is 12.8 Å². The van der Waals surface area contributed by atoms with E-state index in [1.165, 1.54) is 19.2 Å². The Morgan fingerprint density at radius 3 is 2.84 bits per heavy atom. The summed E-state index contributed by atoms with van der Waals surface area (Å²) >= 11 is 0. The molecule has 0 unspecified atom stereocenters. The minimum absolute atomic E-state index is 0.0200. The lowest BCUT2D eigenvalue weighted by Gasteiger charge is -2.09. The zero-order chi connectivity index (χ0) is 14.0. The number of nitrogens with one attached hydrogen (secondary N) is 2. The number of halogens is 1. The lowest BCUT2D eigenvalue weighted by atomic mass is 10.2. The summed E-state index contributed by atoms with van der Waals surface area (Å²) in [5, 5.41) is 6.24. The van der Waals surface area contributed by atoms with Crippen LogP contribution in [0.1, 0.15) is 11.1 Å². The first-order valence-electron chi connectivity index (χ1n) is 5.43. The summed E-state index contributed by atoms with van der Waals surface area (Å²) in [4.78, 5) is -0.450. The van der Waals surface area contributed by atoms with Gasteiger partial charge in [-0.2, -0.15) is 5.10 Å². The lowest BCUT2D eigenvalue weighted by Crippen LogP contribution is -2.24. The number of aryl methyl sites for hydroxylation is 1. The predicted molar refractivity (Wildman–Crippen MR) is 68.2 cm³/mol. The number of nitrogens with zero attached hydrogens (tertiary/aromatic N) is 1. The Bertz CT molecular complexity index is 683. The minimum Gasteiger partial charge on any atom is -0.399 e. The standard InChI is InChI=1S/C11H13FN4O2S/c1-7-2-9(13)3-10(11(7)12)19(17,18)16-6-8-4-14-15-5-8/h2-5,16H,6,13H2,1H3,(H,14,15). The van der Waals surface area contributed by atoms with Gasteiger partial charge in [0.2, 0.25) is 10.0 Å². The molecule has 0 amide bonds. The van der Waals surface area contributed by atoms with Gasteiger partial charge in [0, 0.05) is 24.0 Å². The van der Waals surface area contributed by atoms with E-state index < -0.39 is 20.7 Å². The number of hydrogen-bond acceptors (Lipinski definition) is 4. The number of sulfonamides is 1. The Morgan fingerprint density at radius 1 is 1.47 bits per heavy atom. The molecule has 0 radical (unpaired) electrons. The minimum atomic E-state index is -3.96. The van der Waals surface area contributed by atoms with Crippen LogP contribution in [0, 0.1) is 12.7 Å². The Kier molecular flexibility index (Phi) is 3.54. The average Bonchev–Trinajstić information content (AvgIpc) is 2.84. The number of nitrogen functional groups attached to an aromatic ring is 1. The van der Waals surface area contributed by atoms with E-state index in [2.05, 4.69) is 14.9 Å². The molecule has 0 aliphatic carbocycles. The zero-order valence-corrected chi connectivity index (χ0v) is 11.0. The second-order valence-electron chi connectivity index (χ2n) is 4.08. The fourth-order valence-electron chi connectivity index (χ4n) is 1.59. The number of aromatic amines is 1. The maximum absolute atomic E-state index is 13.8. The van der Waals surface area contributed by atoms with Crippen LogP contribution in [0.5, 0.6) is 0 Å². The molecule has 102 valence electrons. The van der Waals surface area contributed by atoms with Gasteiger partial charge >= 0.3 is 0 Å². The summed E-state index contributed by atoms with van der Waals surface area (Å²) in [6.45, 7) is 1.48. The molecule has 0 atom stereocenters. The van der Waals surface area contributed by atoms with E-state index >= 15 is 0 Å². The number of aromatic nitrogens is 2. The Hall–Kier alpha value is -1.93. The first-order chi connectivity index (χ1) is 8.90. The van der Waals surface area contributed by atoms with Gasteiger partial charge in [-0.05, 0) is 24.6 Å². The number of H-pyrrole nitrogens is 1. The fraction of sp³-hybridized carbons (Fsp3) is 0.182. The van der Waals surface area contributed by atoms with E-state index in [9.17, 15) is 12.8 Å². The van der Waals surface area contributed by atoms with E-state index in [1.54, 1.807) is 6.20 Å². The monoisotopic (exact) mass is 284 g/mol. The van der Waals surface area contributed by atoms with Gasteiger partial charge in [0.05, 0.1) is 6.20 Å². The Morgan fingerprint density at radius 2 is 2.21 bits per heavy atom. The molecule has 4 N–H and O–H groups in total. The first-order valence-corrected chi connectivity index (χ1v) is 6.91. The topological polar surface area (TPSA) is 101 Å². The summed E-state index contributed by atoms with van der Waals surface area (Å²) in [7, 11) is -3.96. The number of benzene rings is 1. The van der Waals surface area contributed by atoms with Gasteiger partial charge in [0.15, 0.2) is 0 Å². The second kappa shape index (κ2) is 4.98. The van der Waals surface area contributed by atoms with Crippen LogP contribution in [0.15, 0.2) is 29.4 Å². The van der Waals surface area contributed by atoms with Crippen molar-refractivity contribution in [2.24, 2.45) is 0 Å². The van der Waals surface area contributed by atoms with E-state index in [-0.39, 0.29) is 17.8 Å². The molecule has 8 heteroatoms. The molecule has 2 aromatic rings. The lowest BCUT2D eigenvalue weighted by molar-refractivity contribution is 0.553. The summed E-state index contributed by atoms with van der Waals surface area (Å²) in [5.41, 5.74) is 6.57. The molecule has 1 aromatic carbocycles. The molecule has 1 aromatic heterocycles. The molecule has 0 aliphatic rings.